The molecule has 2 N–H and O–H groups in total. The van der Waals surface area contributed by atoms with E-state index in [2.05, 4.69) is 32.4 Å². The highest BCUT2D eigenvalue weighted by molar-refractivity contribution is 5.44. The van der Waals surface area contributed by atoms with Crippen LogP contribution in [0.25, 0.3) is 0 Å². The van der Waals surface area contributed by atoms with Crippen molar-refractivity contribution < 1.29 is 0 Å². The normalized spacial score (nSPS) is 10.7. The molecule has 2 aromatic rings. The van der Waals surface area contributed by atoms with Gasteiger partial charge in [-0.2, -0.15) is 10.1 Å². The molecule has 2 rings (SSSR count). The summed E-state index contributed by atoms with van der Waals surface area (Å²) in [6.07, 6.45) is 0.891. The van der Waals surface area contributed by atoms with E-state index in [0.29, 0.717) is 6.54 Å². The molecule has 0 aromatic carbocycles. The third-order valence-corrected chi connectivity index (χ3v) is 3.26. The first kappa shape index (κ1) is 14.3. The Balaban J connectivity index is 2.19. The molecule has 0 amide bonds. The predicted molar refractivity (Wildman–Crippen MR) is 81.1 cm³/mol. The molecule has 0 saturated carbocycles. The maximum absolute atomic E-state index is 4.51. The molecule has 20 heavy (non-hydrogen) atoms. The number of H-pyrrole nitrogens is 1. The third kappa shape index (κ3) is 3.07. The smallest absolute Gasteiger partial charge is 0.226 e. The van der Waals surface area contributed by atoms with E-state index >= 15 is 0 Å². The van der Waals surface area contributed by atoms with Crippen LogP contribution < -0.4 is 10.2 Å². The fourth-order valence-electron chi connectivity index (χ4n) is 1.97. The molecule has 2 aromatic heterocycles. The van der Waals surface area contributed by atoms with Gasteiger partial charge in [-0.05, 0) is 20.3 Å². The lowest BCUT2D eigenvalue weighted by molar-refractivity contribution is 0.932. The van der Waals surface area contributed by atoms with Crippen LogP contribution >= 0.6 is 0 Å². The number of aromatic nitrogens is 4. The molecule has 0 bridgehead atoms. The van der Waals surface area contributed by atoms with Crippen molar-refractivity contribution in [3.05, 3.63) is 28.7 Å². The zero-order valence-electron chi connectivity index (χ0n) is 12.8. The van der Waals surface area contributed by atoms with Crippen molar-refractivity contribution >= 4 is 11.8 Å². The molecule has 6 heteroatoms. The Morgan fingerprint density at radius 2 is 2.00 bits per heavy atom. The largest absolute Gasteiger partial charge is 0.366 e. The molecule has 0 fully saturated rings. The molecule has 0 aliphatic heterocycles. The van der Waals surface area contributed by atoms with E-state index in [1.165, 1.54) is 5.56 Å². The number of anilines is 2. The molecular weight excluding hydrogens is 252 g/mol. The standard InChI is InChI=1S/C14H22N6/c1-6-11-7-13(17-14(16-11)20(4)5)15-8-12-9(2)18-19-10(12)3/h7H,6,8H2,1-5H3,(H,18,19)(H,15,16,17). The lowest BCUT2D eigenvalue weighted by Crippen LogP contribution is -2.15. The van der Waals surface area contributed by atoms with E-state index in [1.54, 1.807) is 0 Å². The van der Waals surface area contributed by atoms with Crippen molar-refractivity contribution in [3.8, 4) is 0 Å². The quantitative estimate of drug-likeness (QED) is 0.873. The van der Waals surface area contributed by atoms with Crippen LogP contribution in [0.15, 0.2) is 6.07 Å². The average molecular weight is 274 g/mol. The summed E-state index contributed by atoms with van der Waals surface area (Å²) in [6, 6.07) is 2.00. The van der Waals surface area contributed by atoms with Crippen LogP contribution in [0.2, 0.25) is 0 Å². The summed E-state index contributed by atoms with van der Waals surface area (Å²) in [5, 5.41) is 10.6. The summed E-state index contributed by atoms with van der Waals surface area (Å²) < 4.78 is 0. The third-order valence-electron chi connectivity index (χ3n) is 3.26. The second-order valence-electron chi connectivity index (χ2n) is 5.06. The zero-order valence-corrected chi connectivity index (χ0v) is 12.8. The summed E-state index contributed by atoms with van der Waals surface area (Å²) in [6.45, 7) is 6.83. The highest BCUT2D eigenvalue weighted by atomic mass is 15.2. The van der Waals surface area contributed by atoms with Crippen LogP contribution in [0, 0.1) is 13.8 Å². The highest BCUT2D eigenvalue weighted by Crippen LogP contribution is 2.15. The van der Waals surface area contributed by atoms with Gasteiger partial charge in [0.05, 0.1) is 5.69 Å². The fraction of sp³-hybridized carbons (Fsp3) is 0.500. The lowest BCUT2D eigenvalue weighted by Gasteiger charge is -2.14. The van der Waals surface area contributed by atoms with Gasteiger partial charge >= 0.3 is 0 Å². The van der Waals surface area contributed by atoms with Gasteiger partial charge in [-0.15, -0.1) is 0 Å². The van der Waals surface area contributed by atoms with Crippen molar-refractivity contribution in [1.29, 1.82) is 0 Å². The summed E-state index contributed by atoms with van der Waals surface area (Å²) in [4.78, 5) is 10.9. The zero-order chi connectivity index (χ0) is 14.7. The SMILES string of the molecule is CCc1cc(NCc2c(C)n[nH]c2C)nc(N(C)C)n1. The second kappa shape index (κ2) is 5.90. The van der Waals surface area contributed by atoms with Gasteiger partial charge in [0.25, 0.3) is 0 Å². The maximum Gasteiger partial charge on any atom is 0.226 e. The van der Waals surface area contributed by atoms with Crippen LogP contribution in [0.3, 0.4) is 0 Å². The van der Waals surface area contributed by atoms with Gasteiger partial charge in [-0.25, -0.2) is 4.98 Å². The number of aromatic amines is 1. The van der Waals surface area contributed by atoms with Gasteiger partial charge in [-0.1, -0.05) is 6.92 Å². The molecular formula is C14H22N6. The summed E-state index contributed by atoms with van der Waals surface area (Å²) in [7, 11) is 3.89. The first-order chi connectivity index (χ1) is 9.51. The van der Waals surface area contributed by atoms with Crippen molar-refractivity contribution in [2.45, 2.75) is 33.7 Å². The van der Waals surface area contributed by atoms with Crippen LogP contribution in [0.1, 0.15) is 29.6 Å². The van der Waals surface area contributed by atoms with Crippen molar-refractivity contribution in [1.82, 2.24) is 20.2 Å². The van der Waals surface area contributed by atoms with E-state index < -0.39 is 0 Å². The summed E-state index contributed by atoms with van der Waals surface area (Å²) in [5.74, 6) is 1.58. The molecule has 0 aliphatic rings. The predicted octanol–water partition coefficient (Wildman–Crippen LogP) is 2.06. The Bertz CT molecular complexity index is 568. The minimum absolute atomic E-state index is 0.710. The van der Waals surface area contributed by atoms with Crippen LogP contribution in [0.4, 0.5) is 11.8 Å². The number of hydrogen-bond acceptors (Lipinski definition) is 5. The number of rotatable bonds is 5. The second-order valence-corrected chi connectivity index (χ2v) is 5.06. The topological polar surface area (TPSA) is 69.7 Å². The fourth-order valence-corrected chi connectivity index (χ4v) is 1.97. The van der Waals surface area contributed by atoms with E-state index in [-0.39, 0.29) is 0 Å². The Kier molecular flexibility index (Phi) is 4.22. The molecule has 0 atom stereocenters. The number of nitrogens with zero attached hydrogens (tertiary/aromatic N) is 4. The molecule has 0 spiro atoms. The van der Waals surface area contributed by atoms with Gasteiger partial charge in [-0.3, -0.25) is 5.10 Å². The summed E-state index contributed by atoms with van der Waals surface area (Å²) in [5.41, 5.74) is 4.33. The Morgan fingerprint density at radius 3 is 2.55 bits per heavy atom. The first-order valence-corrected chi connectivity index (χ1v) is 6.80. The van der Waals surface area contributed by atoms with Crippen molar-refractivity contribution in [2.75, 3.05) is 24.3 Å². The van der Waals surface area contributed by atoms with Gasteiger partial charge in [0.2, 0.25) is 5.95 Å². The van der Waals surface area contributed by atoms with Crippen LogP contribution in [0.5, 0.6) is 0 Å². The Hall–Kier alpha value is -2.11. The molecule has 6 nitrogen and oxygen atoms in total. The van der Waals surface area contributed by atoms with Gasteiger partial charge < -0.3 is 10.2 Å². The molecule has 0 radical (unpaired) electrons. The molecule has 0 aliphatic carbocycles. The number of nitrogens with one attached hydrogen (secondary N) is 2. The minimum Gasteiger partial charge on any atom is -0.366 e. The minimum atomic E-state index is 0.710. The van der Waals surface area contributed by atoms with Crippen molar-refractivity contribution in [2.24, 2.45) is 0 Å². The van der Waals surface area contributed by atoms with Gasteiger partial charge in [0.15, 0.2) is 0 Å². The number of aryl methyl sites for hydroxylation is 3. The van der Waals surface area contributed by atoms with E-state index in [4.69, 9.17) is 0 Å². The van der Waals surface area contributed by atoms with Crippen molar-refractivity contribution in [3.63, 3.8) is 0 Å². The van der Waals surface area contributed by atoms with E-state index in [9.17, 15) is 0 Å². The molecule has 2 heterocycles. The Labute approximate surface area is 119 Å². The van der Waals surface area contributed by atoms with Crippen LogP contribution in [-0.2, 0) is 13.0 Å². The maximum atomic E-state index is 4.51. The molecule has 0 unspecified atom stereocenters. The first-order valence-electron chi connectivity index (χ1n) is 6.80. The lowest BCUT2D eigenvalue weighted by atomic mass is 10.2. The highest BCUT2D eigenvalue weighted by Gasteiger charge is 2.08. The van der Waals surface area contributed by atoms with E-state index in [1.807, 2.05) is 38.9 Å². The average Bonchev–Trinajstić information content (AvgIpc) is 2.75. The molecule has 108 valence electrons. The van der Waals surface area contributed by atoms with Gasteiger partial charge in [0.1, 0.15) is 5.82 Å². The monoisotopic (exact) mass is 274 g/mol. The number of hydrogen-bond donors (Lipinski definition) is 2. The summed E-state index contributed by atoms with van der Waals surface area (Å²) >= 11 is 0. The van der Waals surface area contributed by atoms with Crippen LogP contribution in [-0.4, -0.2) is 34.3 Å². The van der Waals surface area contributed by atoms with E-state index in [0.717, 1.165) is 35.3 Å². The Morgan fingerprint density at radius 1 is 1.25 bits per heavy atom. The molecule has 0 saturated heterocycles. The van der Waals surface area contributed by atoms with Gasteiger partial charge in [0, 0.05) is 43.7 Å².